The van der Waals surface area contributed by atoms with E-state index in [1.165, 1.54) is 6.21 Å². The third-order valence-corrected chi connectivity index (χ3v) is 0.639. The number of hydrogen-bond donors (Lipinski definition) is 1. The Morgan fingerprint density at radius 1 is 1.75 bits per heavy atom. The summed E-state index contributed by atoms with van der Waals surface area (Å²) < 4.78 is 0.815. The standard InChI is InChI=1S/C5H7BrN2/c1-5(6)8-4-2-3-7/h2-4,7H,1H3/b4-2-,7-3?,8-5?. The number of nitrogens with zero attached hydrogens (tertiary/aromatic N) is 1. The Labute approximate surface area is 57.0 Å². The molecule has 0 amide bonds. The van der Waals surface area contributed by atoms with Gasteiger partial charge in [0.2, 0.25) is 0 Å². The van der Waals surface area contributed by atoms with Crippen LogP contribution in [0.1, 0.15) is 6.92 Å². The van der Waals surface area contributed by atoms with E-state index >= 15 is 0 Å². The van der Waals surface area contributed by atoms with Gasteiger partial charge in [-0.2, -0.15) is 0 Å². The molecule has 0 rings (SSSR count). The van der Waals surface area contributed by atoms with Crippen molar-refractivity contribution in [3.63, 3.8) is 0 Å². The lowest BCUT2D eigenvalue weighted by atomic mass is 10.7. The average Bonchev–Trinajstić information content (AvgIpc) is 1.66. The molecule has 0 atom stereocenters. The predicted molar refractivity (Wildman–Crippen MR) is 40.0 cm³/mol. The van der Waals surface area contributed by atoms with Gasteiger partial charge < -0.3 is 5.41 Å². The molecule has 0 unspecified atom stereocenters. The molecule has 0 radical (unpaired) electrons. The van der Waals surface area contributed by atoms with Gasteiger partial charge in [0.25, 0.3) is 0 Å². The highest BCUT2D eigenvalue weighted by Crippen LogP contribution is 1.86. The summed E-state index contributed by atoms with van der Waals surface area (Å²) in [6.07, 6.45) is 4.28. The lowest BCUT2D eigenvalue weighted by Crippen LogP contribution is -1.68. The largest absolute Gasteiger partial charge is 0.309 e. The van der Waals surface area contributed by atoms with Crippen LogP contribution in [-0.2, 0) is 0 Å². The second-order valence-corrected chi connectivity index (χ2v) is 2.28. The second kappa shape index (κ2) is 4.71. The molecular formula is C5H7BrN2. The van der Waals surface area contributed by atoms with E-state index in [2.05, 4.69) is 20.9 Å². The monoisotopic (exact) mass is 174 g/mol. The van der Waals surface area contributed by atoms with E-state index in [9.17, 15) is 0 Å². The van der Waals surface area contributed by atoms with Crippen LogP contribution in [0.3, 0.4) is 0 Å². The first-order chi connectivity index (χ1) is 3.77. The van der Waals surface area contributed by atoms with Gasteiger partial charge in [0.1, 0.15) is 0 Å². The molecule has 0 bridgehead atoms. The van der Waals surface area contributed by atoms with Crippen LogP contribution in [0.2, 0.25) is 0 Å². The third kappa shape index (κ3) is 5.56. The van der Waals surface area contributed by atoms with Gasteiger partial charge in [-0.05, 0) is 28.9 Å². The van der Waals surface area contributed by atoms with Crippen LogP contribution in [0, 0.1) is 5.41 Å². The van der Waals surface area contributed by atoms with Crippen molar-refractivity contribution in [1.29, 1.82) is 5.41 Å². The van der Waals surface area contributed by atoms with Crippen molar-refractivity contribution >= 4 is 26.8 Å². The van der Waals surface area contributed by atoms with E-state index in [0.717, 1.165) is 4.62 Å². The molecule has 0 aromatic heterocycles. The Bertz CT molecular complexity index is 122. The van der Waals surface area contributed by atoms with Crippen molar-refractivity contribution < 1.29 is 0 Å². The quantitative estimate of drug-likeness (QED) is 0.622. The lowest BCUT2D eigenvalue weighted by molar-refractivity contribution is 1.54. The number of hydrogen-bond acceptors (Lipinski definition) is 2. The molecule has 0 aliphatic carbocycles. The van der Waals surface area contributed by atoms with Gasteiger partial charge in [0, 0.05) is 12.4 Å². The zero-order valence-electron chi connectivity index (χ0n) is 4.56. The van der Waals surface area contributed by atoms with Crippen LogP contribution >= 0.6 is 15.9 Å². The Balaban J connectivity index is 3.57. The summed E-state index contributed by atoms with van der Waals surface area (Å²) in [7, 11) is 0. The molecule has 0 saturated heterocycles. The second-order valence-electron chi connectivity index (χ2n) is 1.13. The van der Waals surface area contributed by atoms with Gasteiger partial charge in [-0.1, -0.05) is 0 Å². The molecular weight excluding hydrogens is 168 g/mol. The van der Waals surface area contributed by atoms with Crippen molar-refractivity contribution in [3.8, 4) is 0 Å². The van der Waals surface area contributed by atoms with Gasteiger partial charge in [0.15, 0.2) is 0 Å². The van der Waals surface area contributed by atoms with E-state index in [-0.39, 0.29) is 0 Å². The molecule has 0 aromatic rings. The highest BCUT2D eigenvalue weighted by atomic mass is 79.9. The van der Waals surface area contributed by atoms with Gasteiger partial charge in [-0.15, -0.1) is 0 Å². The highest BCUT2D eigenvalue weighted by Gasteiger charge is 1.70. The maximum Gasteiger partial charge on any atom is 0.0798 e. The topological polar surface area (TPSA) is 36.2 Å². The minimum atomic E-state index is 0.815. The fraction of sp³-hybridized carbons (Fsp3) is 0.200. The molecule has 0 saturated carbocycles. The van der Waals surface area contributed by atoms with Gasteiger partial charge >= 0.3 is 0 Å². The van der Waals surface area contributed by atoms with Gasteiger partial charge in [0.05, 0.1) is 4.62 Å². The van der Waals surface area contributed by atoms with Crippen molar-refractivity contribution in [2.45, 2.75) is 6.92 Å². The van der Waals surface area contributed by atoms with E-state index < -0.39 is 0 Å². The van der Waals surface area contributed by atoms with Crippen molar-refractivity contribution in [2.75, 3.05) is 0 Å². The molecule has 2 nitrogen and oxygen atoms in total. The number of halogens is 1. The SMILES string of the molecule is CC(Br)=N/C=C\C=N. The van der Waals surface area contributed by atoms with Crippen LogP contribution in [-0.4, -0.2) is 10.8 Å². The van der Waals surface area contributed by atoms with Crippen LogP contribution in [0.4, 0.5) is 0 Å². The summed E-state index contributed by atoms with van der Waals surface area (Å²) in [4.78, 5) is 3.82. The fourth-order valence-electron chi connectivity index (χ4n) is 0.189. The molecule has 0 spiro atoms. The maximum absolute atomic E-state index is 6.55. The van der Waals surface area contributed by atoms with Crippen molar-refractivity contribution in [1.82, 2.24) is 0 Å². The normalized spacial score (nSPS) is 12.5. The average molecular weight is 175 g/mol. The summed E-state index contributed by atoms with van der Waals surface area (Å²) >= 11 is 3.13. The summed E-state index contributed by atoms with van der Waals surface area (Å²) in [6.45, 7) is 1.83. The van der Waals surface area contributed by atoms with Gasteiger partial charge in [-0.3, -0.25) is 4.99 Å². The Morgan fingerprint density at radius 2 is 2.38 bits per heavy atom. The number of nitrogens with one attached hydrogen (secondary N) is 1. The Morgan fingerprint density at radius 3 is 2.75 bits per heavy atom. The van der Waals surface area contributed by atoms with E-state index in [0.29, 0.717) is 0 Å². The molecule has 0 aliphatic rings. The number of aliphatic imine (C=N–C) groups is 1. The summed E-state index contributed by atoms with van der Waals surface area (Å²) in [5.41, 5.74) is 0. The first kappa shape index (κ1) is 7.56. The zero-order chi connectivity index (χ0) is 6.41. The minimum absolute atomic E-state index is 0.815. The summed E-state index contributed by atoms with van der Waals surface area (Å²) in [5, 5.41) is 6.55. The maximum atomic E-state index is 6.55. The van der Waals surface area contributed by atoms with Crippen LogP contribution in [0.5, 0.6) is 0 Å². The molecule has 0 heterocycles. The molecule has 0 aliphatic heterocycles. The predicted octanol–water partition coefficient (Wildman–Crippen LogP) is 1.96. The van der Waals surface area contributed by atoms with Crippen molar-refractivity contribution in [2.24, 2.45) is 4.99 Å². The fourth-order valence-corrected chi connectivity index (χ4v) is 0.307. The molecule has 1 N–H and O–H groups in total. The van der Waals surface area contributed by atoms with E-state index in [1.807, 2.05) is 6.92 Å². The first-order valence-electron chi connectivity index (χ1n) is 2.13. The number of allylic oxidation sites excluding steroid dienone is 1. The Hall–Kier alpha value is -0.440. The van der Waals surface area contributed by atoms with E-state index in [1.54, 1.807) is 12.3 Å². The van der Waals surface area contributed by atoms with E-state index in [4.69, 9.17) is 5.41 Å². The molecule has 8 heavy (non-hydrogen) atoms. The van der Waals surface area contributed by atoms with Crippen molar-refractivity contribution in [3.05, 3.63) is 12.3 Å². The van der Waals surface area contributed by atoms with Crippen LogP contribution in [0.15, 0.2) is 17.3 Å². The van der Waals surface area contributed by atoms with Crippen LogP contribution < -0.4 is 0 Å². The first-order valence-corrected chi connectivity index (χ1v) is 2.92. The zero-order valence-corrected chi connectivity index (χ0v) is 6.14. The van der Waals surface area contributed by atoms with Gasteiger partial charge in [-0.25, -0.2) is 0 Å². The lowest BCUT2D eigenvalue weighted by Gasteiger charge is -1.76. The highest BCUT2D eigenvalue weighted by molar-refractivity contribution is 9.18. The molecule has 44 valence electrons. The Kier molecular flexibility index (Phi) is 4.45. The minimum Gasteiger partial charge on any atom is -0.309 e. The summed E-state index contributed by atoms with van der Waals surface area (Å²) in [6, 6.07) is 0. The van der Waals surface area contributed by atoms with Crippen LogP contribution in [0.25, 0.3) is 0 Å². The molecule has 0 aromatic carbocycles. The smallest absolute Gasteiger partial charge is 0.0798 e. The summed E-state index contributed by atoms with van der Waals surface area (Å²) in [5.74, 6) is 0. The molecule has 3 heteroatoms. The molecule has 0 fully saturated rings. The number of rotatable bonds is 2. The third-order valence-electron chi connectivity index (χ3n) is 0.435.